The summed E-state index contributed by atoms with van der Waals surface area (Å²) in [7, 11) is 0. The molecular weight excluding hydrogens is 234 g/mol. The Morgan fingerprint density at radius 1 is 1.17 bits per heavy atom. The molecule has 1 rings (SSSR count). The molecule has 0 N–H and O–H groups in total. The fourth-order valence-corrected chi connectivity index (χ4v) is 1.75. The van der Waals surface area contributed by atoms with Gasteiger partial charge in [-0.05, 0) is 37.0 Å². The van der Waals surface area contributed by atoms with E-state index >= 15 is 0 Å². The minimum absolute atomic E-state index is 0.0691. The van der Waals surface area contributed by atoms with Crippen molar-refractivity contribution < 1.29 is 13.6 Å². The van der Waals surface area contributed by atoms with E-state index in [2.05, 4.69) is 6.58 Å². The maximum Gasteiger partial charge on any atom is 0.159 e. The normalized spacial score (nSPS) is 10.3. The van der Waals surface area contributed by atoms with Crippen LogP contribution in [-0.2, 0) is 11.2 Å². The maximum atomic E-state index is 12.9. The molecule has 0 aliphatic carbocycles. The summed E-state index contributed by atoms with van der Waals surface area (Å²) in [5, 5.41) is 0. The van der Waals surface area contributed by atoms with Gasteiger partial charge in [0, 0.05) is 12.8 Å². The number of allylic oxidation sites excluding steroid dienone is 1. The van der Waals surface area contributed by atoms with Crippen LogP contribution in [0.4, 0.5) is 8.78 Å². The van der Waals surface area contributed by atoms with E-state index in [1.54, 1.807) is 0 Å². The van der Waals surface area contributed by atoms with Gasteiger partial charge >= 0.3 is 0 Å². The Kier molecular flexibility index (Phi) is 6.26. The molecule has 0 aromatic heterocycles. The van der Waals surface area contributed by atoms with Crippen molar-refractivity contribution in [2.45, 2.75) is 38.5 Å². The van der Waals surface area contributed by atoms with Crippen LogP contribution in [0.25, 0.3) is 0 Å². The lowest BCUT2D eigenvalue weighted by Gasteiger charge is -2.02. The van der Waals surface area contributed by atoms with Crippen molar-refractivity contribution >= 4 is 5.78 Å². The minimum Gasteiger partial charge on any atom is -0.299 e. The standard InChI is InChI=1S/C15H18F2O/c1-2-3-4-5-6-7-13(18)10-12-8-9-14(16)15(17)11-12/h2,8-9,11H,1,3-7,10H2. The molecule has 0 saturated heterocycles. The van der Waals surface area contributed by atoms with E-state index in [9.17, 15) is 13.6 Å². The number of benzene rings is 1. The molecule has 1 aromatic carbocycles. The fraction of sp³-hybridized carbons (Fsp3) is 0.400. The molecule has 3 heteroatoms. The lowest BCUT2D eigenvalue weighted by atomic mass is 10.0. The molecule has 0 bridgehead atoms. The van der Waals surface area contributed by atoms with Gasteiger partial charge < -0.3 is 0 Å². The van der Waals surface area contributed by atoms with E-state index in [0.29, 0.717) is 12.0 Å². The zero-order valence-corrected chi connectivity index (χ0v) is 10.4. The predicted molar refractivity (Wildman–Crippen MR) is 68.4 cm³/mol. The van der Waals surface area contributed by atoms with Crippen molar-refractivity contribution in [2.75, 3.05) is 0 Å². The lowest BCUT2D eigenvalue weighted by molar-refractivity contribution is -0.118. The molecule has 0 spiro atoms. The molecule has 0 radical (unpaired) electrons. The Labute approximate surface area is 107 Å². The summed E-state index contributed by atoms with van der Waals surface area (Å²) in [6.07, 6.45) is 6.39. The number of carbonyl (C=O) groups is 1. The third kappa shape index (κ3) is 5.21. The quantitative estimate of drug-likeness (QED) is 0.500. The molecule has 1 aromatic rings. The second-order valence-electron chi connectivity index (χ2n) is 4.35. The molecule has 0 saturated carbocycles. The van der Waals surface area contributed by atoms with Gasteiger partial charge in [-0.3, -0.25) is 4.79 Å². The number of rotatable bonds is 8. The van der Waals surface area contributed by atoms with E-state index in [-0.39, 0.29) is 12.2 Å². The number of Topliss-reactive ketones (excluding diaryl/α,β-unsaturated/α-hetero) is 1. The first kappa shape index (κ1) is 14.6. The summed E-state index contributed by atoms with van der Waals surface area (Å²) >= 11 is 0. The Hall–Kier alpha value is -1.51. The average Bonchev–Trinajstić information content (AvgIpc) is 2.34. The molecule has 0 aliphatic rings. The van der Waals surface area contributed by atoms with Crippen molar-refractivity contribution in [3.63, 3.8) is 0 Å². The SMILES string of the molecule is C=CCCCCCC(=O)Cc1ccc(F)c(F)c1. The summed E-state index contributed by atoms with van der Waals surface area (Å²) < 4.78 is 25.6. The molecule has 0 heterocycles. The molecule has 0 aliphatic heterocycles. The second kappa shape index (κ2) is 7.75. The maximum absolute atomic E-state index is 12.9. The first-order valence-corrected chi connectivity index (χ1v) is 6.20. The average molecular weight is 252 g/mol. The summed E-state index contributed by atoms with van der Waals surface area (Å²) in [6, 6.07) is 3.60. The van der Waals surface area contributed by atoms with Gasteiger partial charge in [-0.25, -0.2) is 8.78 Å². The number of carbonyl (C=O) groups excluding carboxylic acids is 1. The Balaban J connectivity index is 2.31. The Bertz CT molecular complexity index is 413. The number of unbranched alkanes of at least 4 members (excludes halogenated alkanes) is 3. The minimum atomic E-state index is -0.897. The number of hydrogen-bond acceptors (Lipinski definition) is 1. The smallest absolute Gasteiger partial charge is 0.159 e. The molecule has 0 unspecified atom stereocenters. The van der Waals surface area contributed by atoms with Gasteiger partial charge in [-0.2, -0.15) is 0 Å². The van der Waals surface area contributed by atoms with Gasteiger partial charge in [-0.15, -0.1) is 6.58 Å². The summed E-state index contributed by atoms with van der Waals surface area (Å²) in [4.78, 5) is 11.6. The summed E-state index contributed by atoms with van der Waals surface area (Å²) in [5.74, 6) is -1.71. The highest BCUT2D eigenvalue weighted by molar-refractivity contribution is 5.80. The van der Waals surface area contributed by atoms with E-state index in [4.69, 9.17) is 0 Å². The third-order valence-corrected chi connectivity index (χ3v) is 2.75. The zero-order chi connectivity index (χ0) is 13.4. The van der Waals surface area contributed by atoms with Crippen molar-refractivity contribution in [2.24, 2.45) is 0 Å². The van der Waals surface area contributed by atoms with Crippen LogP contribution in [0.2, 0.25) is 0 Å². The highest BCUT2D eigenvalue weighted by atomic mass is 19.2. The van der Waals surface area contributed by atoms with Crippen LogP contribution >= 0.6 is 0 Å². The van der Waals surface area contributed by atoms with E-state index in [1.807, 2.05) is 6.08 Å². The lowest BCUT2D eigenvalue weighted by Crippen LogP contribution is -2.03. The first-order valence-electron chi connectivity index (χ1n) is 6.20. The van der Waals surface area contributed by atoms with Gasteiger partial charge in [0.15, 0.2) is 11.6 Å². The molecule has 98 valence electrons. The van der Waals surface area contributed by atoms with Crippen LogP contribution in [0, 0.1) is 11.6 Å². The van der Waals surface area contributed by atoms with Gasteiger partial charge in [0.1, 0.15) is 5.78 Å². The van der Waals surface area contributed by atoms with Gasteiger partial charge in [0.2, 0.25) is 0 Å². The number of ketones is 1. The predicted octanol–water partition coefficient (Wildman–Crippen LogP) is 4.21. The van der Waals surface area contributed by atoms with E-state index < -0.39 is 11.6 Å². The highest BCUT2D eigenvalue weighted by Gasteiger charge is 2.07. The highest BCUT2D eigenvalue weighted by Crippen LogP contribution is 2.11. The number of hydrogen-bond donors (Lipinski definition) is 0. The van der Waals surface area contributed by atoms with Crippen molar-refractivity contribution in [3.05, 3.63) is 48.1 Å². The van der Waals surface area contributed by atoms with Crippen LogP contribution in [0.5, 0.6) is 0 Å². The largest absolute Gasteiger partial charge is 0.299 e. The Morgan fingerprint density at radius 3 is 2.61 bits per heavy atom. The van der Waals surface area contributed by atoms with E-state index in [0.717, 1.165) is 37.8 Å². The molecule has 0 atom stereocenters. The summed E-state index contributed by atoms with van der Waals surface area (Å²) in [6.45, 7) is 3.63. The van der Waals surface area contributed by atoms with Crippen molar-refractivity contribution in [1.29, 1.82) is 0 Å². The molecule has 1 nitrogen and oxygen atoms in total. The van der Waals surface area contributed by atoms with Gasteiger partial charge in [0.25, 0.3) is 0 Å². The molecule has 18 heavy (non-hydrogen) atoms. The second-order valence-corrected chi connectivity index (χ2v) is 4.35. The molecule has 0 amide bonds. The fourth-order valence-electron chi connectivity index (χ4n) is 1.75. The van der Waals surface area contributed by atoms with Crippen LogP contribution in [0.3, 0.4) is 0 Å². The van der Waals surface area contributed by atoms with Crippen LogP contribution < -0.4 is 0 Å². The van der Waals surface area contributed by atoms with E-state index in [1.165, 1.54) is 6.07 Å². The molecular formula is C15H18F2O. The monoisotopic (exact) mass is 252 g/mol. The molecule has 0 fully saturated rings. The zero-order valence-electron chi connectivity index (χ0n) is 10.4. The van der Waals surface area contributed by atoms with Gasteiger partial charge in [-0.1, -0.05) is 18.6 Å². The number of halogens is 2. The topological polar surface area (TPSA) is 17.1 Å². The van der Waals surface area contributed by atoms with Crippen LogP contribution in [0.15, 0.2) is 30.9 Å². The first-order chi connectivity index (χ1) is 8.63. The van der Waals surface area contributed by atoms with Crippen molar-refractivity contribution in [3.8, 4) is 0 Å². The van der Waals surface area contributed by atoms with Crippen LogP contribution in [-0.4, -0.2) is 5.78 Å². The van der Waals surface area contributed by atoms with Gasteiger partial charge in [0.05, 0.1) is 0 Å². The van der Waals surface area contributed by atoms with Crippen LogP contribution in [0.1, 0.15) is 37.7 Å². The third-order valence-electron chi connectivity index (χ3n) is 2.75. The summed E-state index contributed by atoms with van der Waals surface area (Å²) in [5.41, 5.74) is 0.532. The van der Waals surface area contributed by atoms with Crippen molar-refractivity contribution in [1.82, 2.24) is 0 Å². The Morgan fingerprint density at radius 2 is 1.94 bits per heavy atom.